The van der Waals surface area contributed by atoms with Gasteiger partial charge in [-0.3, -0.25) is 0 Å². The molecule has 0 amide bonds. The Labute approximate surface area is 116 Å². The second kappa shape index (κ2) is 5.44. The Morgan fingerprint density at radius 1 is 1.21 bits per heavy atom. The first-order valence-corrected chi connectivity index (χ1v) is 5.90. The lowest BCUT2D eigenvalue weighted by Crippen LogP contribution is -1.80. The molecule has 2 rings (SSSR count). The lowest BCUT2D eigenvalue weighted by Gasteiger charge is -2.02. The highest BCUT2D eigenvalue weighted by Crippen LogP contribution is 2.28. The number of nitrogens with zero attached hydrogens (tertiary/aromatic N) is 2. The fourth-order valence-corrected chi connectivity index (χ4v) is 1.84. The van der Waals surface area contributed by atoms with Gasteiger partial charge in [0.2, 0.25) is 0 Å². The number of hydrogen-bond acceptors (Lipinski definition) is 3. The molecule has 0 N–H and O–H groups in total. The number of furan rings is 1. The molecule has 92 valence electrons. The fourth-order valence-electron chi connectivity index (χ4n) is 1.67. The molecule has 0 spiro atoms. The van der Waals surface area contributed by atoms with E-state index in [4.69, 9.17) is 26.5 Å². The maximum Gasteiger partial charge on any atom is 0.135 e. The minimum Gasteiger partial charge on any atom is -0.457 e. The van der Waals surface area contributed by atoms with Crippen LogP contribution in [0.15, 0.2) is 40.3 Å². The van der Waals surface area contributed by atoms with E-state index in [1.54, 1.807) is 24.3 Å². The van der Waals surface area contributed by atoms with Crippen LogP contribution < -0.4 is 0 Å². The van der Waals surface area contributed by atoms with Gasteiger partial charge in [-0.05, 0) is 36.8 Å². The third kappa shape index (κ3) is 2.85. The van der Waals surface area contributed by atoms with Crippen LogP contribution in [0.1, 0.15) is 11.3 Å². The molecule has 0 fully saturated rings. The summed E-state index contributed by atoms with van der Waals surface area (Å²) in [5.41, 5.74) is 1.93. The molecule has 0 saturated carbocycles. The van der Waals surface area contributed by atoms with Gasteiger partial charge in [-0.1, -0.05) is 17.7 Å². The van der Waals surface area contributed by atoms with Crippen molar-refractivity contribution in [2.75, 3.05) is 0 Å². The largest absolute Gasteiger partial charge is 0.457 e. The summed E-state index contributed by atoms with van der Waals surface area (Å²) in [6.07, 6.45) is 1.41. The predicted octanol–water partition coefficient (Wildman–Crippen LogP) is 4.34. The summed E-state index contributed by atoms with van der Waals surface area (Å²) in [7, 11) is 0. The zero-order valence-corrected chi connectivity index (χ0v) is 10.9. The van der Waals surface area contributed by atoms with Crippen molar-refractivity contribution in [3.05, 3.63) is 52.3 Å². The maximum absolute atomic E-state index is 8.69. The Kier molecular flexibility index (Phi) is 3.71. The van der Waals surface area contributed by atoms with Gasteiger partial charge in [0.1, 0.15) is 29.2 Å². The summed E-state index contributed by atoms with van der Waals surface area (Å²) in [5.74, 6) is 1.12. The lowest BCUT2D eigenvalue weighted by molar-refractivity contribution is 0.571. The van der Waals surface area contributed by atoms with E-state index in [9.17, 15) is 0 Å². The summed E-state index contributed by atoms with van der Waals surface area (Å²) in [6, 6.07) is 12.6. The second-order valence-corrected chi connectivity index (χ2v) is 4.38. The molecule has 0 saturated heterocycles. The monoisotopic (exact) mass is 268 g/mol. The van der Waals surface area contributed by atoms with Crippen molar-refractivity contribution in [2.24, 2.45) is 0 Å². The highest BCUT2D eigenvalue weighted by molar-refractivity contribution is 6.30. The van der Waals surface area contributed by atoms with Crippen molar-refractivity contribution < 1.29 is 4.42 Å². The fraction of sp³-hybridized carbons (Fsp3) is 0.0667. The van der Waals surface area contributed by atoms with Crippen molar-refractivity contribution in [3.8, 4) is 23.5 Å². The molecule has 1 heterocycles. The van der Waals surface area contributed by atoms with Crippen LogP contribution >= 0.6 is 11.6 Å². The molecule has 0 unspecified atom stereocenters. The maximum atomic E-state index is 8.69. The summed E-state index contributed by atoms with van der Waals surface area (Å²) < 4.78 is 5.60. The van der Waals surface area contributed by atoms with Gasteiger partial charge >= 0.3 is 0 Å². The Hall–Kier alpha value is -2.49. The SMILES string of the molecule is Cc1ccc(Cl)cc1-c1ccc(C=C(C#N)C#N)o1. The Bertz CT molecular complexity index is 713. The van der Waals surface area contributed by atoms with E-state index in [1.807, 2.05) is 25.1 Å². The van der Waals surface area contributed by atoms with E-state index in [0.717, 1.165) is 11.1 Å². The topological polar surface area (TPSA) is 60.7 Å². The van der Waals surface area contributed by atoms with Crippen LogP contribution in [0.4, 0.5) is 0 Å². The molecule has 0 aliphatic heterocycles. The molecule has 0 aliphatic rings. The van der Waals surface area contributed by atoms with Gasteiger partial charge in [0.15, 0.2) is 0 Å². The van der Waals surface area contributed by atoms with Crippen LogP contribution in [-0.4, -0.2) is 0 Å². The van der Waals surface area contributed by atoms with Gasteiger partial charge in [-0.15, -0.1) is 0 Å². The first kappa shape index (κ1) is 13.0. The molecule has 0 radical (unpaired) electrons. The molecule has 0 atom stereocenters. The number of rotatable bonds is 2. The Morgan fingerprint density at radius 3 is 2.63 bits per heavy atom. The third-order valence-corrected chi connectivity index (χ3v) is 2.85. The average molecular weight is 269 g/mol. The molecule has 19 heavy (non-hydrogen) atoms. The molecule has 4 heteroatoms. The number of allylic oxidation sites excluding steroid dienone is 1. The van der Waals surface area contributed by atoms with Crippen molar-refractivity contribution in [1.29, 1.82) is 10.5 Å². The molecule has 2 aromatic rings. The van der Waals surface area contributed by atoms with Crippen molar-refractivity contribution in [3.63, 3.8) is 0 Å². The average Bonchev–Trinajstić information content (AvgIpc) is 2.87. The summed E-state index contributed by atoms with van der Waals surface area (Å²) >= 11 is 5.96. The van der Waals surface area contributed by atoms with Gasteiger partial charge in [0.05, 0.1) is 0 Å². The highest BCUT2D eigenvalue weighted by Gasteiger charge is 2.08. The third-order valence-electron chi connectivity index (χ3n) is 2.62. The molecule has 1 aromatic carbocycles. The van der Waals surface area contributed by atoms with Crippen LogP contribution in [0.3, 0.4) is 0 Å². The molecule has 1 aromatic heterocycles. The van der Waals surface area contributed by atoms with Crippen LogP contribution in [0.2, 0.25) is 5.02 Å². The summed E-state index contributed by atoms with van der Waals surface area (Å²) in [6.45, 7) is 1.96. The smallest absolute Gasteiger partial charge is 0.135 e. The first-order chi connectivity index (χ1) is 9.13. The zero-order valence-electron chi connectivity index (χ0n) is 10.1. The van der Waals surface area contributed by atoms with Gasteiger partial charge in [0, 0.05) is 16.7 Å². The number of aryl methyl sites for hydroxylation is 1. The van der Waals surface area contributed by atoms with Crippen LogP contribution in [0, 0.1) is 29.6 Å². The minimum absolute atomic E-state index is 0.00344. The van der Waals surface area contributed by atoms with Gasteiger partial charge < -0.3 is 4.42 Å². The lowest BCUT2D eigenvalue weighted by atomic mass is 10.1. The number of benzene rings is 1. The van der Waals surface area contributed by atoms with Crippen molar-refractivity contribution in [2.45, 2.75) is 6.92 Å². The highest BCUT2D eigenvalue weighted by atomic mass is 35.5. The zero-order chi connectivity index (χ0) is 13.8. The first-order valence-electron chi connectivity index (χ1n) is 5.52. The van der Waals surface area contributed by atoms with E-state index >= 15 is 0 Å². The van der Waals surface area contributed by atoms with E-state index in [2.05, 4.69) is 0 Å². The number of hydrogen-bond donors (Lipinski definition) is 0. The van der Waals surface area contributed by atoms with Gasteiger partial charge in [-0.25, -0.2) is 0 Å². The second-order valence-electron chi connectivity index (χ2n) is 3.94. The summed E-state index contributed by atoms with van der Waals surface area (Å²) in [5, 5.41) is 18.0. The quantitative estimate of drug-likeness (QED) is 0.761. The van der Waals surface area contributed by atoms with Crippen LogP contribution in [-0.2, 0) is 0 Å². The van der Waals surface area contributed by atoms with E-state index < -0.39 is 0 Å². The van der Waals surface area contributed by atoms with E-state index in [0.29, 0.717) is 16.5 Å². The Morgan fingerprint density at radius 2 is 1.95 bits per heavy atom. The van der Waals surface area contributed by atoms with Gasteiger partial charge in [-0.2, -0.15) is 10.5 Å². The van der Waals surface area contributed by atoms with Crippen LogP contribution in [0.25, 0.3) is 17.4 Å². The number of halogens is 1. The Balaban J connectivity index is 2.43. The predicted molar refractivity (Wildman–Crippen MR) is 73.1 cm³/mol. The standard InChI is InChI=1S/C15H9ClN2O/c1-10-2-3-12(16)7-14(10)15-5-4-13(19-15)6-11(8-17)9-18/h2-7H,1H3. The minimum atomic E-state index is 0.00344. The normalized spacial score (nSPS) is 9.47. The molecule has 3 nitrogen and oxygen atoms in total. The number of nitriles is 2. The molecule has 0 bridgehead atoms. The van der Waals surface area contributed by atoms with E-state index in [-0.39, 0.29) is 5.57 Å². The van der Waals surface area contributed by atoms with Crippen molar-refractivity contribution >= 4 is 17.7 Å². The van der Waals surface area contributed by atoms with Crippen LogP contribution in [0.5, 0.6) is 0 Å². The summed E-state index contributed by atoms with van der Waals surface area (Å²) in [4.78, 5) is 0. The molecular weight excluding hydrogens is 260 g/mol. The molecule has 0 aliphatic carbocycles. The van der Waals surface area contributed by atoms with Gasteiger partial charge in [0.25, 0.3) is 0 Å². The van der Waals surface area contributed by atoms with E-state index in [1.165, 1.54) is 6.08 Å². The molecular formula is C15H9ClN2O. The van der Waals surface area contributed by atoms with Crippen molar-refractivity contribution in [1.82, 2.24) is 0 Å².